The first-order valence-electron chi connectivity index (χ1n) is 14.6. The molecule has 0 amide bonds. The first-order chi connectivity index (χ1) is 19.5. The predicted octanol–water partition coefficient (Wildman–Crippen LogP) is 5.53. The van der Waals surface area contributed by atoms with Gasteiger partial charge in [-0.3, -0.25) is 9.69 Å². The van der Waals surface area contributed by atoms with Crippen molar-refractivity contribution in [2.24, 2.45) is 5.92 Å². The molecule has 2 saturated carbocycles. The fraction of sp³-hybridized carbons (Fsp3) is 0.343. The lowest BCUT2D eigenvalue weighted by Gasteiger charge is -2.62. The normalized spacial score (nSPS) is 31.5. The number of fused-ring (bicyclic) bond motifs is 2. The van der Waals surface area contributed by atoms with Crippen molar-refractivity contribution in [3.63, 3.8) is 0 Å². The number of ether oxygens (including phenoxy) is 1. The van der Waals surface area contributed by atoms with E-state index in [-0.39, 0.29) is 24.0 Å². The van der Waals surface area contributed by atoms with Crippen LogP contribution in [0.3, 0.4) is 0 Å². The van der Waals surface area contributed by atoms with Crippen LogP contribution in [0.5, 0.6) is 11.5 Å². The largest absolute Gasteiger partial charge is 0.504 e. The second kappa shape index (κ2) is 7.74. The fourth-order valence-electron chi connectivity index (χ4n) is 8.69. The molecule has 200 valence electrons. The van der Waals surface area contributed by atoms with E-state index in [1.807, 2.05) is 36.4 Å². The summed E-state index contributed by atoms with van der Waals surface area (Å²) in [5.74, 6) is 1.09. The van der Waals surface area contributed by atoms with Crippen LogP contribution in [0.2, 0.25) is 0 Å². The summed E-state index contributed by atoms with van der Waals surface area (Å²) in [7, 11) is 0. The molecular formula is C35H31NO4. The highest BCUT2D eigenvalue weighted by molar-refractivity contribution is 6.12. The molecule has 3 fully saturated rings. The molecule has 5 aliphatic rings. The summed E-state index contributed by atoms with van der Waals surface area (Å²) in [6, 6.07) is 22.3. The minimum absolute atomic E-state index is 0.0575. The van der Waals surface area contributed by atoms with E-state index in [0.717, 1.165) is 51.3 Å². The van der Waals surface area contributed by atoms with Gasteiger partial charge in [0.25, 0.3) is 0 Å². The Balaban J connectivity index is 1.27. The molecule has 3 aliphatic carbocycles. The minimum Gasteiger partial charge on any atom is -0.504 e. The Labute approximate surface area is 232 Å². The maximum atomic E-state index is 14.5. The molecule has 0 aromatic heterocycles. The standard InChI is InChI=1S/C35H31NO4/c37-28-12-11-23-17-29-35(39)18-24(16-27-25-7-3-1-5-21(25)15-22-6-2-4-8-26(22)27)31(38)33-34(35,30(23)32(28)40-33)13-14-36(29)19-20-9-10-20/h1-8,11-12,15-16,20,29,33,37,39H,9-10,13-14,17-19H2/b24-16-/t29?,33?,34?,35-/m1/s1. The molecule has 4 aromatic carbocycles. The number of carbonyl (C=O) groups excluding carboxylic acids is 1. The summed E-state index contributed by atoms with van der Waals surface area (Å²) >= 11 is 0. The topological polar surface area (TPSA) is 70.0 Å². The quantitative estimate of drug-likeness (QED) is 0.270. The van der Waals surface area contributed by atoms with Gasteiger partial charge in [0, 0.05) is 30.1 Å². The number of phenols is 1. The molecule has 2 bridgehead atoms. The highest BCUT2D eigenvalue weighted by Crippen LogP contribution is 2.65. The third-order valence-electron chi connectivity index (χ3n) is 10.7. The molecule has 2 N–H and O–H groups in total. The zero-order chi connectivity index (χ0) is 26.8. The van der Waals surface area contributed by atoms with Crippen molar-refractivity contribution in [1.82, 2.24) is 4.90 Å². The average molecular weight is 530 g/mol. The van der Waals surface area contributed by atoms with Gasteiger partial charge in [-0.05, 0) is 89.0 Å². The van der Waals surface area contributed by atoms with Gasteiger partial charge in [-0.1, -0.05) is 54.6 Å². The SMILES string of the molecule is O=C1/C(=C\c2c3ccccc3cc3ccccc23)C[C@@]2(O)C3Cc4ccc(O)c5c4C2(CCN3CC2CC2)C1O5. The van der Waals surface area contributed by atoms with Crippen LogP contribution < -0.4 is 4.74 Å². The maximum absolute atomic E-state index is 14.5. The summed E-state index contributed by atoms with van der Waals surface area (Å²) < 4.78 is 6.44. The van der Waals surface area contributed by atoms with Crippen molar-refractivity contribution < 1.29 is 19.7 Å². The Kier molecular flexibility index (Phi) is 4.47. The number of rotatable bonds is 3. The number of aliphatic hydroxyl groups is 1. The number of aromatic hydroxyl groups is 1. The van der Waals surface area contributed by atoms with Crippen LogP contribution in [0.4, 0.5) is 0 Å². The molecule has 4 aromatic rings. The molecule has 5 nitrogen and oxygen atoms in total. The van der Waals surface area contributed by atoms with Crippen LogP contribution in [-0.4, -0.2) is 51.7 Å². The van der Waals surface area contributed by atoms with Gasteiger partial charge in [0.15, 0.2) is 23.4 Å². The summed E-state index contributed by atoms with van der Waals surface area (Å²) in [4.78, 5) is 16.9. The Morgan fingerprint density at radius 2 is 1.73 bits per heavy atom. The lowest BCUT2D eigenvalue weighted by Crippen LogP contribution is -2.77. The predicted molar refractivity (Wildman–Crippen MR) is 155 cm³/mol. The molecule has 0 radical (unpaired) electrons. The first kappa shape index (κ1) is 23.1. The lowest BCUT2D eigenvalue weighted by molar-refractivity contribution is -0.179. The second-order valence-electron chi connectivity index (χ2n) is 12.7. The number of hydrogen-bond acceptors (Lipinski definition) is 5. The van der Waals surface area contributed by atoms with Crippen molar-refractivity contribution in [3.8, 4) is 11.5 Å². The highest BCUT2D eigenvalue weighted by Gasteiger charge is 2.74. The number of hydrogen-bond donors (Lipinski definition) is 2. The van der Waals surface area contributed by atoms with Crippen LogP contribution in [-0.2, 0) is 16.6 Å². The van der Waals surface area contributed by atoms with Gasteiger partial charge in [-0.25, -0.2) is 0 Å². The Hall–Kier alpha value is -3.67. The van der Waals surface area contributed by atoms with E-state index in [4.69, 9.17) is 4.74 Å². The van der Waals surface area contributed by atoms with Crippen LogP contribution >= 0.6 is 0 Å². The Morgan fingerprint density at radius 1 is 1.00 bits per heavy atom. The summed E-state index contributed by atoms with van der Waals surface area (Å²) in [6.45, 7) is 1.83. The number of benzene rings is 4. The Bertz CT molecular complexity index is 1750. The van der Waals surface area contributed by atoms with Crippen LogP contribution in [0, 0.1) is 5.92 Å². The minimum atomic E-state index is -1.17. The highest BCUT2D eigenvalue weighted by atomic mass is 16.5. The fourth-order valence-corrected chi connectivity index (χ4v) is 8.69. The second-order valence-corrected chi connectivity index (χ2v) is 12.7. The monoisotopic (exact) mass is 529 g/mol. The molecule has 4 atom stereocenters. The van der Waals surface area contributed by atoms with E-state index in [2.05, 4.69) is 35.2 Å². The van der Waals surface area contributed by atoms with Crippen molar-refractivity contribution >= 4 is 33.4 Å². The molecule has 1 spiro atoms. The summed E-state index contributed by atoms with van der Waals surface area (Å²) in [5, 5.41) is 28.3. The number of Topliss-reactive ketones (excluding diaryl/α,β-unsaturated/α-hetero) is 1. The van der Waals surface area contributed by atoms with E-state index < -0.39 is 17.1 Å². The molecule has 2 heterocycles. The smallest absolute Gasteiger partial charge is 0.200 e. The van der Waals surface area contributed by atoms with Crippen LogP contribution in [0.1, 0.15) is 42.4 Å². The zero-order valence-corrected chi connectivity index (χ0v) is 22.3. The number of piperidine rings is 1. The van der Waals surface area contributed by atoms with Gasteiger partial charge >= 0.3 is 0 Å². The molecule has 1 saturated heterocycles. The first-order valence-corrected chi connectivity index (χ1v) is 14.6. The van der Waals surface area contributed by atoms with E-state index >= 15 is 0 Å². The van der Waals surface area contributed by atoms with Gasteiger partial charge in [-0.15, -0.1) is 0 Å². The number of carbonyl (C=O) groups is 1. The molecule has 5 heteroatoms. The Morgan fingerprint density at radius 3 is 2.45 bits per heavy atom. The molecule has 3 unspecified atom stereocenters. The van der Waals surface area contributed by atoms with Crippen molar-refractivity contribution in [1.29, 1.82) is 0 Å². The van der Waals surface area contributed by atoms with Gasteiger partial charge in [0.2, 0.25) is 0 Å². The molecule has 9 rings (SSSR count). The van der Waals surface area contributed by atoms with Crippen LogP contribution in [0.15, 0.2) is 72.3 Å². The summed E-state index contributed by atoms with van der Waals surface area (Å²) in [5.41, 5.74) is 1.59. The van der Waals surface area contributed by atoms with E-state index in [0.29, 0.717) is 30.1 Å². The van der Waals surface area contributed by atoms with Gasteiger partial charge in [0.05, 0.1) is 11.0 Å². The van der Waals surface area contributed by atoms with Crippen molar-refractivity contribution in [2.45, 2.75) is 55.3 Å². The average Bonchev–Trinajstić information content (AvgIpc) is 3.70. The van der Waals surface area contributed by atoms with Gasteiger partial charge in [-0.2, -0.15) is 0 Å². The number of ketones is 1. The maximum Gasteiger partial charge on any atom is 0.200 e. The zero-order valence-electron chi connectivity index (χ0n) is 22.3. The number of nitrogens with zero attached hydrogens (tertiary/aromatic N) is 1. The molecule has 40 heavy (non-hydrogen) atoms. The van der Waals surface area contributed by atoms with Crippen molar-refractivity contribution in [3.05, 3.63) is 89.0 Å². The molecular weight excluding hydrogens is 498 g/mol. The van der Waals surface area contributed by atoms with Gasteiger partial charge in [0.1, 0.15) is 0 Å². The van der Waals surface area contributed by atoms with E-state index in [1.54, 1.807) is 6.07 Å². The lowest BCUT2D eigenvalue weighted by atomic mass is 9.48. The third-order valence-corrected chi connectivity index (χ3v) is 10.7. The van der Waals surface area contributed by atoms with Gasteiger partial charge < -0.3 is 14.9 Å². The van der Waals surface area contributed by atoms with E-state index in [1.165, 1.54) is 12.8 Å². The molecule has 2 aliphatic heterocycles. The third kappa shape index (κ3) is 2.82. The summed E-state index contributed by atoms with van der Waals surface area (Å²) in [6.07, 6.45) is 5.32. The van der Waals surface area contributed by atoms with E-state index in [9.17, 15) is 15.0 Å². The van der Waals surface area contributed by atoms with Crippen LogP contribution in [0.25, 0.3) is 27.6 Å². The number of phenolic OH excluding ortho intramolecular Hbond substituents is 1. The van der Waals surface area contributed by atoms with Crippen molar-refractivity contribution in [2.75, 3.05) is 13.1 Å². The number of likely N-dealkylation sites (tertiary alicyclic amines) is 1.